The van der Waals surface area contributed by atoms with Crippen LogP contribution in [-0.2, 0) is 9.59 Å². The van der Waals surface area contributed by atoms with Gasteiger partial charge in [0.05, 0.1) is 5.92 Å². The third-order valence-corrected chi connectivity index (χ3v) is 5.07. The second-order valence-corrected chi connectivity index (χ2v) is 6.50. The number of rotatable bonds is 1. The van der Waals surface area contributed by atoms with Crippen LogP contribution < -0.4 is 0 Å². The Morgan fingerprint density at radius 2 is 1.79 bits per heavy atom. The first-order valence-corrected chi connectivity index (χ1v) is 7.57. The van der Waals surface area contributed by atoms with Crippen molar-refractivity contribution in [3.8, 4) is 0 Å². The molecule has 0 aromatic carbocycles. The molecule has 0 saturated heterocycles. The van der Waals surface area contributed by atoms with Crippen molar-refractivity contribution in [1.82, 2.24) is 0 Å². The number of ketones is 2. The van der Waals surface area contributed by atoms with Gasteiger partial charge in [0.15, 0.2) is 0 Å². The van der Waals surface area contributed by atoms with Crippen molar-refractivity contribution in [3.63, 3.8) is 0 Å². The lowest BCUT2D eigenvalue weighted by Crippen LogP contribution is -2.44. The Kier molecular flexibility index (Phi) is 3.42. The molecule has 0 amide bonds. The SMILES string of the molecule is O=C1CC2(CC=CCC2)CC(=O)C1C1C=CCCC1. The molecule has 2 nitrogen and oxygen atoms in total. The fourth-order valence-corrected chi connectivity index (χ4v) is 4.06. The lowest BCUT2D eigenvalue weighted by molar-refractivity contribution is -0.142. The fourth-order valence-electron chi connectivity index (χ4n) is 4.06. The Labute approximate surface area is 115 Å². The van der Waals surface area contributed by atoms with Gasteiger partial charge < -0.3 is 0 Å². The van der Waals surface area contributed by atoms with E-state index in [0.717, 1.165) is 38.5 Å². The Bertz CT molecular complexity index is 426. The van der Waals surface area contributed by atoms with Crippen LogP contribution in [0.3, 0.4) is 0 Å². The molecule has 0 bridgehead atoms. The van der Waals surface area contributed by atoms with Crippen molar-refractivity contribution in [2.75, 3.05) is 0 Å². The van der Waals surface area contributed by atoms with Crippen LogP contribution in [0.2, 0.25) is 0 Å². The van der Waals surface area contributed by atoms with Crippen molar-refractivity contribution in [2.24, 2.45) is 17.3 Å². The van der Waals surface area contributed by atoms with Crippen molar-refractivity contribution in [3.05, 3.63) is 24.3 Å². The highest BCUT2D eigenvalue weighted by molar-refractivity contribution is 6.05. The molecule has 1 saturated carbocycles. The van der Waals surface area contributed by atoms with E-state index in [1.54, 1.807) is 0 Å². The van der Waals surface area contributed by atoms with E-state index in [0.29, 0.717) is 12.8 Å². The summed E-state index contributed by atoms with van der Waals surface area (Å²) in [5.74, 6) is 0.282. The maximum atomic E-state index is 12.5. The molecule has 0 aromatic heterocycles. The minimum atomic E-state index is -0.326. The van der Waals surface area contributed by atoms with E-state index in [-0.39, 0.29) is 28.8 Å². The van der Waals surface area contributed by atoms with Crippen LogP contribution >= 0.6 is 0 Å². The van der Waals surface area contributed by atoms with Gasteiger partial charge in [-0.15, -0.1) is 0 Å². The Morgan fingerprint density at radius 3 is 2.37 bits per heavy atom. The lowest BCUT2D eigenvalue weighted by Gasteiger charge is -2.41. The van der Waals surface area contributed by atoms with Crippen molar-refractivity contribution in [1.29, 1.82) is 0 Å². The minimum Gasteiger partial charge on any atom is -0.299 e. The molecule has 3 aliphatic rings. The van der Waals surface area contributed by atoms with Crippen LogP contribution in [0.4, 0.5) is 0 Å². The first kappa shape index (κ1) is 12.8. The molecule has 1 unspecified atom stereocenters. The highest BCUT2D eigenvalue weighted by Crippen LogP contribution is 2.46. The monoisotopic (exact) mass is 258 g/mol. The standard InChI is InChI=1S/C17H22O2/c18-14-11-17(9-5-2-6-10-17)12-15(19)16(14)13-7-3-1-4-8-13/h2-3,5,7,13,16H,1,4,6,8-12H2. The second-order valence-electron chi connectivity index (χ2n) is 6.50. The van der Waals surface area contributed by atoms with E-state index in [4.69, 9.17) is 0 Å². The topological polar surface area (TPSA) is 34.1 Å². The van der Waals surface area contributed by atoms with E-state index in [2.05, 4.69) is 24.3 Å². The summed E-state index contributed by atoms with van der Waals surface area (Å²) in [6.07, 6.45) is 16.0. The third kappa shape index (κ3) is 2.45. The molecule has 1 atom stereocenters. The normalized spacial score (nSPS) is 38.9. The summed E-state index contributed by atoms with van der Waals surface area (Å²) in [5, 5.41) is 0. The van der Waals surface area contributed by atoms with Gasteiger partial charge in [0.25, 0.3) is 0 Å². The molecule has 102 valence electrons. The van der Waals surface area contributed by atoms with Crippen molar-refractivity contribution in [2.45, 2.75) is 51.4 Å². The second kappa shape index (κ2) is 5.07. The molecule has 1 spiro atoms. The summed E-state index contributed by atoms with van der Waals surface area (Å²) in [5.41, 5.74) is -0.0300. The number of allylic oxidation sites excluding steroid dienone is 4. The zero-order valence-electron chi connectivity index (χ0n) is 11.4. The summed E-state index contributed by atoms with van der Waals surface area (Å²) in [7, 11) is 0. The van der Waals surface area contributed by atoms with Crippen LogP contribution in [0.15, 0.2) is 24.3 Å². The largest absolute Gasteiger partial charge is 0.299 e. The van der Waals surface area contributed by atoms with Crippen LogP contribution in [0.5, 0.6) is 0 Å². The molecule has 0 N–H and O–H groups in total. The molecular weight excluding hydrogens is 236 g/mol. The quantitative estimate of drug-likeness (QED) is 0.532. The van der Waals surface area contributed by atoms with Crippen LogP contribution in [0, 0.1) is 17.3 Å². The average molecular weight is 258 g/mol. The van der Waals surface area contributed by atoms with Gasteiger partial charge in [0.2, 0.25) is 0 Å². The van der Waals surface area contributed by atoms with Gasteiger partial charge in [-0.2, -0.15) is 0 Å². The Hall–Kier alpha value is -1.18. The molecule has 3 aliphatic carbocycles. The summed E-state index contributed by atoms with van der Waals surface area (Å²) in [4.78, 5) is 25.0. The number of hydrogen-bond donors (Lipinski definition) is 0. The summed E-state index contributed by atoms with van der Waals surface area (Å²) in [6, 6.07) is 0. The predicted octanol–water partition coefficient (Wildman–Crippen LogP) is 3.62. The van der Waals surface area contributed by atoms with Gasteiger partial charge in [0, 0.05) is 12.8 Å². The summed E-state index contributed by atoms with van der Waals surface area (Å²) in [6.45, 7) is 0. The van der Waals surface area contributed by atoms with E-state index < -0.39 is 0 Å². The first-order valence-electron chi connectivity index (χ1n) is 7.57. The highest BCUT2D eigenvalue weighted by Gasteiger charge is 2.46. The van der Waals surface area contributed by atoms with E-state index in [1.807, 2.05) is 0 Å². The van der Waals surface area contributed by atoms with Gasteiger partial charge in [-0.05, 0) is 49.9 Å². The van der Waals surface area contributed by atoms with E-state index in [1.165, 1.54) is 0 Å². The minimum absolute atomic E-state index is 0.0300. The Balaban J connectivity index is 1.78. The number of hydrogen-bond acceptors (Lipinski definition) is 2. The van der Waals surface area contributed by atoms with Gasteiger partial charge >= 0.3 is 0 Å². The molecule has 0 heterocycles. The van der Waals surface area contributed by atoms with Gasteiger partial charge in [-0.1, -0.05) is 24.3 Å². The average Bonchev–Trinajstić information content (AvgIpc) is 2.40. The molecular formula is C17H22O2. The van der Waals surface area contributed by atoms with E-state index in [9.17, 15) is 9.59 Å². The molecule has 3 rings (SSSR count). The smallest absolute Gasteiger partial charge is 0.144 e. The lowest BCUT2D eigenvalue weighted by atomic mass is 9.61. The van der Waals surface area contributed by atoms with Crippen LogP contribution in [0.1, 0.15) is 51.4 Å². The number of Topliss-reactive ketones (excluding diaryl/α,β-unsaturated/α-hetero) is 2. The maximum absolute atomic E-state index is 12.5. The summed E-state index contributed by atoms with van der Waals surface area (Å²) < 4.78 is 0. The predicted molar refractivity (Wildman–Crippen MR) is 74.6 cm³/mol. The molecule has 2 heteroatoms. The number of carbonyl (C=O) groups excluding carboxylic acids is 2. The van der Waals surface area contributed by atoms with Crippen molar-refractivity contribution < 1.29 is 9.59 Å². The first-order chi connectivity index (χ1) is 9.20. The summed E-state index contributed by atoms with van der Waals surface area (Å²) >= 11 is 0. The van der Waals surface area contributed by atoms with Crippen LogP contribution in [0.25, 0.3) is 0 Å². The third-order valence-electron chi connectivity index (χ3n) is 5.07. The Morgan fingerprint density at radius 1 is 1.00 bits per heavy atom. The molecule has 0 aromatic rings. The maximum Gasteiger partial charge on any atom is 0.144 e. The van der Waals surface area contributed by atoms with Crippen molar-refractivity contribution >= 4 is 11.6 Å². The molecule has 0 aliphatic heterocycles. The molecule has 19 heavy (non-hydrogen) atoms. The number of carbonyl (C=O) groups is 2. The molecule has 0 radical (unpaired) electrons. The molecule has 1 fully saturated rings. The highest BCUT2D eigenvalue weighted by atomic mass is 16.2. The van der Waals surface area contributed by atoms with Gasteiger partial charge in [-0.3, -0.25) is 9.59 Å². The zero-order valence-corrected chi connectivity index (χ0v) is 11.4. The van der Waals surface area contributed by atoms with E-state index >= 15 is 0 Å². The van der Waals surface area contributed by atoms with Crippen LogP contribution in [-0.4, -0.2) is 11.6 Å². The van der Waals surface area contributed by atoms with Gasteiger partial charge in [-0.25, -0.2) is 0 Å². The van der Waals surface area contributed by atoms with Gasteiger partial charge in [0.1, 0.15) is 11.6 Å². The fraction of sp³-hybridized carbons (Fsp3) is 0.647. The zero-order chi connectivity index (χ0) is 13.3.